The minimum atomic E-state index is -0.0127. The van der Waals surface area contributed by atoms with E-state index < -0.39 is 0 Å². The number of benzene rings is 1. The van der Waals surface area contributed by atoms with Crippen LogP contribution in [0.1, 0.15) is 10.4 Å². The Bertz CT molecular complexity index is 351. The topological polar surface area (TPSA) is 17.1 Å². The van der Waals surface area contributed by atoms with Crippen molar-refractivity contribution in [3.63, 3.8) is 0 Å². The van der Waals surface area contributed by atoms with Crippen molar-refractivity contribution in [1.82, 2.24) is 0 Å². The Labute approximate surface area is 106 Å². The second kappa shape index (κ2) is 4.91. The maximum atomic E-state index is 11.4. The molecule has 0 spiro atoms. The number of ketones is 1. The van der Waals surface area contributed by atoms with Crippen molar-refractivity contribution in [3.05, 3.63) is 31.7 Å². The Morgan fingerprint density at radius 1 is 1.38 bits per heavy atom. The minimum absolute atomic E-state index is 0.0127. The van der Waals surface area contributed by atoms with E-state index in [1.807, 2.05) is 0 Å². The fraction of sp³-hybridized carbons (Fsp3) is 0.125. The first kappa shape index (κ1) is 11.7. The zero-order valence-corrected chi connectivity index (χ0v) is 11.8. The molecule has 0 aromatic heterocycles. The molecule has 70 valence electrons. The van der Waals surface area contributed by atoms with Crippen molar-refractivity contribution in [2.45, 2.75) is 0 Å². The largest absolute Gasteiger partial charge is 0.293 e. The fourth-order valence-electron chi connectivity index (χ4n) is 0.849. The highest BCUT2D eigenvalue weighted by atomic mass is 79.9. The lowest BCUT2D eigenvalue weighted by atomic mass is 10.1. The molecule has 1 nitrogen and oxygen atoms in total. The molecule has 0 atom stereocenters. The smallest absolute Gasteiger partial charge is 0.175 e. The van der Waals surface area contributed by atoms with Gasteiger partial charge in [-0.2, -0.15) is 0 Å². The molecule has 0 aliphatic rings. The van der Waals surface area contributed by atoms with E-state index in [1.54, 1.807) is 12.1 Å². The number of carbonyl (C=O) groups excluding carboxylic acids is 1. The first-order valence-corrected chi connectivity index (χ1v) is 6.39. The average molecular weight is 391 g/mol. The van der Waals surface area contributed by atoms with Crippen LogP contribution in [0, 0.1) is 0 Å². The summed E-state index contributed by atoms with van der Waals surface area (Å²) < 4.78 is 1.38. The predicted molar refractivity (Wildman–Crippen MR) is 65.0 cm³/mol. The molecule has 0 heterocycles. The van der Waals surface area contributed by atoms with Gasteiger partial charge in [0.1, 0.15) is 0 Å². The number of hydrogen-bond donors (Lipinski definition) is 0. The van der Waals surface area contributed by atoms with E-state index in [2.05, 4.69) is 47.8 Å². The third-order valence-corrected chi connectivity index (χ3v) is 3.98. The Morgan fingerprint density at radius 2 is 2.00 bits per heavy atom. The third-order valence-electron chi connectivity index (χ3n) is 1.44. The van der Waals surface area contributed by atoms with E-state index in [0.29, 0.717) is 15.1 Å². The molecule has 0 fully saturated rings. The molecule has 0 aliphatic heterocycles. The van der Waals surface area contributed by atoms with Gasteiger partial charge < -0.3 is 0 Å². The summed E-state index contributed by atoms with van der Waals surface area (Å²) in [7, 11) is 0. The van der Waals surface area contributed by atoms with Gasteiger partial charge in [0.25, 0.3) is 0 Å². The lowest BCUT2D eigenvalue weighted by Crippen LogP contribution is -2.02. The van der Waals surface area contributed by atoms with Crippen LogP contribution in [0.2, 0.25) is 5.02 Å². The molecule has 1 rings (SSSR count). The van der Waals surface area contributed by atoms with E-state index in [-0.39, 0.29) is 11.1 Å². The summed E-state index contributed by atoms with van der Waals surface area (Å²) in [5.74, 6) is -0.0127. The monoisotopic (exact) mass is 388 g/mol. The lowest BCUT2D eigenvalue weighted by molar-refractivity contribution is 0.102. The molecule has 0 amide bonds. The quantitative estimate of drug-likeness (QED) is 0.414. The molecule has 0 radical (unpaired) electrons. The van der Waals surface area contributed by atoms with Crippen molar-refractivity contribution in [3.8, 4) is 0 Å². The maximum absolute atomic E-state index is 11.4. The summed E-state index contributed by atoms with van der Waals surface area (Å²) in [5.41, 5.74) is 0.573. The highest BCUT2D eigenvalue weighted by Gasteiger charge is 2.14. The first-order valence-electron chi connectivity index (χ1n) is 3.30. The molecular formula is C8H4Br3ClO. The molecule has 0 bridgehead atoms. The molecule has 13 heavy (non-hydrogen) atoms. The van der Waals surface area contributed by atoms with Crippen LogP contribution in [0.3, 0.4) is 0 Å². The van der Waals surface area contributed by atoms with E-state index >= 15 is 0 Å². The van der Waals surface area contributed by atoms with E-state index in [0.717, 1.165) is 4.47 Å². The van der Waals surface area contributed by atoms with Crippen LogP contribution in [0.4, 0.5) is 0 Å². The van der Waals surface area contributed by atoms with Gasteiger partial charge >= 0.3 is 0 Å². The molecule has 5 heteroatoms. The van der Waals surface area contributed by atoms with Crippen molar-refractivity contribution < 1.29 is 4.79 Å². The van der Waals surface area contributed by atoms with Crippen molar-refractivity contribution in [2.24, 2.45) is 0 Å². The zero-order chi connectivity index (χ0) is 10.0. The van der Waals surface area contributed by atoms with Gasteiger partial charge in [-0.15, -0.1) is 0 Å². The Kier molecular flexibility index (Phi) is 4.42. The molecule has 0 aliphatic carbocycles. The molecular weight excluding hydrogens is 387 g/mol. The van der Waals surface area contributed by atoms with Gasteiger partial charge in [-0.05, 0) is 28.1 Å². The van der Waals surface area contributed by atoms with Crippen LogP contribution >= 0.6 is 59.4 Å². The van der Waals surface area contributed by atoms with Gasteiger partial charge in [0, 0.05) is 14.5 Å². The molecule has 0 saturated carbocycles. The molecule has 0 N–H and O–H groups in total. The first-order chi connectivity index (χ1) is 6.07. The van der Waals surface area contributed by atoms with Gasteiger partial charge in [0.15, 0.2) is 5.78 Å². The van der Waals surface area contributed by atoms with E-state index in [9.17, 15) is 4.79 Å². The summed E-state index contributed by atoms with van der Waals surface area (Å²) in [4.78, 5) is 11.4. The highest BCUT2D eigenvalue weighted by molar-refractivity contribution is 9.11. The van der Waals surface area contributed by atoms with Crippen LogP contribution < -0.4 is 0 Å². The fourth-order valence-corrected chi connectivity index (χ4v) is 2.67. The summed E-state index contributed by atoms with van der Waals surface area (Å²) in [6.45, 7) is 0. The summed E-state index contributed by atoms with van der Waals surface area (Å²) >= 11 is 15.5. The zero-order valence-electron chi connectivity index (χ0n) is 6.28. The third kappa shape index (κ3) is 2.55. The molecule has 0 saturated heterocycles. The second-order valence-electron chi connectivity index (χ2n) is 2.27. The van der Waals surface area contributed by atoms with Crippen LogP contribution in [0.5, 0.6) is 0 Å². The van der Waals surface area contributed by atoms with E-state index in [1.165, 1.54) is 0 Å². The van der Waals surface area contributed by atoms with Gasteiger partial charge in [-0.25, -0.2) is 0 Å². The predicted octanol–water partition coefficient (Wildman–Crippen LogP) is 4.44. The Morgan fingerprint density at radius 3 is 2.54 bits per heavy atom. The van der Waals surface area contributed by atoms with Gasteiger partial charge in [-0.1, -0.05) is 43.5 Å². The van der Waals surface area contributed by atoms with Crippen molar-refractivity contribution in [2.75, 3.05) is 5.33 Å². The standard InChI is InChI=1S/C8H4Br3ClO/c9-3-6(13)7-4(10)1-2-5(12)8(7)11/h1-2H,3H2. The van der Waals surface area contributed by atoms with E-state index in [4.69, 9.17) is 11.6 Å². The SMILES string of the molecule is O=C(CBr)c1c(Br)ccc(Cl)c1Br. The number of alkyl halides is 1. The minimum Gasteiger partial charge on any atom is -0.293 e. The Hall–Kier alpha value is 0.620. The average Bonchev–Trinajstić information content (AvgIpc) is 2.12. The van der Waals surface area contributed by atoms with Gasteiger partial charge in [-0.3, -0.25) is 4.79 Å². The van der Waals surface area contributed by atoms with Crippen LogP contribution in [-0.4, -0.2) is 11.1 Å². The number of carbonyl (C=O) groups is 1. The van der Waals surface area contributed by atoms with Crippen LogP contribution in [-0.2, 0) is 0 Å². The molecule has 1 aromatic carbocycles. The maximum Gasteiger partial charge on any atom is 0.175 e. The Balaban J connectivity index is 3.33. The summed E-state index contributed by atoms with van der Waals surface area (Å²) in [5, 5.41) is 0.817. The number of rotatable bonds is 2. The number of hydrogen-bond acceptors (Lipinski definition) is 1. The van der Waals surface area contributed by atoms with Gasteiger partial charge in [0.2, 0.25) is 0 Å². The second-order valence-corrected chi connectivity index (χ2v) is 4.89. The normalized spacial score (nSPS) is 10.2. The highest BCUT2D eigenvalue weighted by Crippen LogP contribution is 2.32. The van der Waals surface area contributed by atoms with Crippen LogP contribution in [0.25, 0.3) is 0 Å². The molecule has 1 aromatic rings. The molecule has 0 unspecified atom stereocenters. The lowest BCUT2D eigenvalue weighted by Gasteiger charge is -2.05. The van der Waals surface area contributed by atoms with Crippen molar-refractivity contribution >= 4 is 65.2 Å². The number of halogens is 4. The van der Waals surface area contributed by atoms with Gasteiger partial charge in [0.05, 0.1) is 10.4 Å². The van der Waals surface area contributed by atoms with Crippen LogP contribution in [0.15, 0.2) is 21.1 Å². The summed E-state index contributed by atoms with van der Waals surface area (Å²) in [6, 6.07) is 3.48. The summed E-state index contributed by atoms with van der Waals surface area (Å²) in [6.07, 6.45) is 0. The van der Waals surface area contributed by atoms with Crippen molar-refractivity contribution in [1.29, 1.82) is 0 Å². The number of Topliss-reactive ketones (excluding diaryl/α,β-unsaturated/α-hetero) is 1.